The van der Waals surface area contributed by atoms with E-state index in [2.05, 4.69) is 10.1 Å². The minimum atomic E-state index is -4.79. The molecule has 0 fully saturated rings. The van der Waals surface area contributed by atoms with E-state index in [-0.39, 0.29) is 5.01 Å². The van der Waals surface area contributed by atoms with E-state index in [0.29, 0.717) is 23.4 Å². The Labute approximate surface area is 115 Å². The Kier molecular flexibility index (Phi) is 3.80. The number of aryl methyl sites for hydroxylation is 1. The van der Waals surface area contributed by atoms with Crippen molar-refractivity contribution >= 4 is 17.3 Å². The van der Waals surface area contributed by atoms with Crippen LogP contribution in [0.25, 0.3) is 10.6 Å². The maximum Gasteiger partial charge on any atom is 0.435 e. The van der Waals surface area contributed by atoms with Crippen LogP contribution >= 0.6 is 11.3 Å². The number of halogens is 3. The highest BCUT2D eigenvalue weighted by atomic mass is 32.1. The first kappa shape index (κ1) is 14.5. The number of nitrogens with zero attached hydrogens (tertiary/aromatic N) is 3. The zero-order valence-corrected chi connectivity index (χ0v) is 11.1. The molecular formula is C11H10F3N3O2S. The van der Waals surface area contributed by atoms with Gasteiger partial charge in [-0.15, -0.1) is 11.3 Å². The second kappa shape index (κ2) is 5.23. The van der Waals surface area contributed by atoms with E-state index in [0.717, 1.165) is 6.42 Å². The molecule has 0 aliphatic heterocycles. The van der Waals surface area contributed by atoms with Gasteiger partial charge in [0, 0.05) is 18.3 Å². The van der Waals surface area contributed by atoms with E-state index in [1.165, 1.54) is 6.20 Å². The summed E-state index contributed by atoms with van der Waals surface area (Å²) < 4.78 is 39.7. The highest BCUT2D eigenvalue weighted by Gasteiger charge is 2.39. The summed E-state index contributed by atoms with van der Waals surface area (Å²) in [6.07, 6.45) is -1.04. The number of hydrogen-bond acceptors (Lipinski definition) is 4. The van der Waals surface area contributed by atoms with Gasteiger partial charge in [0.2, 0.25) is 0 Å². The Morgan fingerprint density at radius 1 is 1.50 bits per heavy atom. The zero-order valence-electron chi connectivity index (χ0n) is 10.3. The number of carboxylic acids is 1. The minimum absolute atomic E-state index is 0.00271. The highest BCUT2D eigenvalue weighted by Crippen LogP contribution is 2.37. The molecule has 0 bridgehead atoms. The molecule has 0 radical (unpaired) electrons. The van der Waals surface area contributed by atoms with Gasteiger partial charge in [0.15, 0.2) is 5.69 Å². The molecule has 20 heavy (non-hydrogen) atoms. The summed E-state index contributed by atoms with van der Waals surface area (Å²) in [5, 5.41) is 12.8. The van der Waals surface area contributed by atoms with Gasteiger partial charge in [-0.1, -0.05) is 6.92 Å². The predicted molar refractivity (Wildman–Crippen MR) is 65.6 cm³/mol. The molecule has 2 heterocycles. The first-order valence-corrected chi connectivity index (χ1v) is 6.48. The summed E-state index contributed by atoms with van der Waals surface area (Å²) in [6.45, 7) is 2.57. The monoisotopic (exact) mass is 305 g/mol. The van der Waals surface area contributed by atoms with Crippen LogP contribution in [0.4, 0.5) is 13.2 Å². The molecule has 0 aliphatic carbocycles. The number of thiazole rings is 1. The van der Waals surface area contributed by atoms with Crippen LogP contribution in [0.15, 0.2) is 12.4 Å². The third-order valence-corrected chi connectivity index (χ3v) is 3.52. The summed E-state index contributed by atoms with van der Waals surface area (Å²) in [4.78, 5) is 13.5. The lowest BCUT2D eigenvalue weighted by molar-refractivity contribution is -0.141. The molecule has 0 aliphatic rings. The molecule has 0 saturated carbocycles. The van der Waals surface area contributed by atoms with Gasteiger partial charge in [-0.25, -0.2) is 9.78 Å². The van der Waals surface area contributed by atoms with Crippen LogP contribution in [0.1, 0.15) is 28.7 Å². The van der Waals surface area contributed by atoms with Gasteiger partial charge in [0.05, 0.1) is 6.20 Å². The van der Waals surface area contributed by atoms with Crippen molar-refractivity contribution in [3.8, 4) is 10.6 Å². The number of carbonyl (C=O) groups is 1. The fourth-order valence-corrected chi connectivity index (χ4v) is 2.50. The second-order valence-corrected chi connectivity index (χ2v) is 4.99. The molecule has 0 atom stereocenters. The van der Waals surface area contributed by atoms with E-state index in [1.54, 1.807) is 10.9 Å². The molecule has 9 heteroatoms. The summed E-state index contributed by atoms with van der Waals surface area (Å²) in [7, 11) is 0. The van der Waals surface area contributed by atoms with Crippen molar-refractivity contribution in [1.29, 1.82) is 0 Å². The molecule has 0 saturated heterocycles. The van der Waals surface area contributed by atoms with E-state index in [4.69, 9.17) is 5.11 Å². The number of aromatic carboxylic acids is 1. The van der Waals surface area contributed by atoms with Crippen LogP contribution in [0.2, 0.25) is 0 Å². The van der Waals surface area contributed by atoms with Crippen molar-refractivity contribution in [2.24, 2.45) is 0 Å². The van der Waals surface area contributed by atoms with Crippen LogP contribution in [0.3, 0.4) is 0 Å². The normalized spacial score (nSPS) is 11.8. The third-order valence-electron chi connectivity index (χ3n) is 2.42. The zero-order chi connectivity index (χ0) is 14.9. The Morgan fingerprint density at radius 2 is 2.20 bits per heavy atom. The fourth-order valence-electron chi connectivity index (χ4n) is 1.61. The molecule has 0 amide bonds. The van der Waals surface area contributed by atoms with E-state index >= 15 is 0 Å². The van der Waals surface area contributed by atoms with Gasteiger partial charge in [0.1, 0.15) is 9.88 Å². The third kappa shape index (κ3) is 2.82. The number of carboxylic acid groups (broad SMARTS) is 1. The highest BCUT2D eigenvalue weighted by molar-refractivity contribution is 7.17. The first-order valence-electron chi connectivity index (χ1n) is 5.67. The van der Waals surface area contributed by atoms with Crippen molar-refractivity contribution in [3.05, 3.63) is 23.0 Å². The van der Waals surface area contributed by atoms with Gasteiger partial charge in [-0.2, -0.15) is 18.3 Å². The Balaban J connectivity index is 2.44. The lowest BCUT2D eigenvalue weighted by Gasteiger charge is -2.02. The molecule has 1 N–H and O–H groups in total. The quantitative estimate of drug-likeness (QED) is 0.942. The molecule has 2 rings (SSSR count). The first-order chi connectivity index (χ1) is 9.32. The maximum absolute atomic E-state index is 12.7. The minimum Gasteiger partial charge on any atom is -0.477 e. The number of alkyl halides is 3. The van der Waals surface area contributed by atoms with Crippen LogP contribution in [-0.4, -0.2) is 25.8 Å². The van der Waals surface area contributed by atoms with E-state index in [1.807, 2.05) is 6.92 Å². The molecule has 108 valence electrons. The average Bonchev–Trinajstić information content (AvgIpc) is 2.93. The van der Waals surface area contributed by atoms with Gasteiger partial charge in [-0.3, -0.25) is 4.68 Å². The predicted octanol–water partition coefficient (Wildman–Crippen LogP) is 3.13. The molecule has 2 aromatic rings. The van der Waals surface area contributed by atoms with Crippen LogP contribution in [0.5, 0.6) is 0 Å². The molecule has 0 unspecified atom stereocenters. The maximum atomic E-state index is 12.7. The van der Waals surface area contributed by atoms with E-state index in [9.17, 15) is 18.0 Å². The summed E-state index contributed by atoms with van der Waals surface area (Å²) in [5.41, 5.74) is -0.991. The molecular weight excluding hydrogens is 295 g/mol. The van der Waals surface area contributed by atoms with Crippen molar-refractivity contribution in [1.82, 2.24) is 14.8 Å². The number of aromatic nitrogens is 3. The smallest absolute Gasteiger partial charge is 0.435 e. The second-order valence-electron chi connectivity index (χ2n) is 3.99. The topological polar surface area (TPSA) is 68.0 Å². The lowest BCUT2D eigenvalue weighted by Crippen LogP contribution is -2.11. The van der Waals surface area contributed by atoms with Gasteiger partial charge >= 0.3 is 12.1 Å². The van der Waals surface area contributed by atoms with E-state index < -0.39 is 22.7 Å². The summed E-state index contributed by atoms with van der Waals surface area (Å²) >= 11 is 0.495. The number of rotatable bonds is 4. The van der Waals surface area contributed by atoms with Crippen molar-refractivity contribution in [3.63, 3.8) is 0 Å². The fraction of sp³-hybridized carbons (Fsp3) is 0.364. The lowest BCUT2D eigenvalue weighted by atomic mass is 10.3. The molecule has 5 nitrogen and oxygen atoms in total. The van der Waals surface area contributed by atoms with Crippen molar-refractivity contribution < 1.29 is 23.1 Å². The van der Waals surface area contributed by atoms with Gasteiger partial charge in [0.25, 0.3) is 0 Å². The van der Waals surface area contributed by atoms with Crippen LogP contribution in [-0.2, 0) is 12.7 Å². The SMILES string of the molecule is CCCn1cc(-c2nc(C(F)(F)F)c(C(=O)O)s2)cn1. The summed E-state index contributed by atoms with van der Waals surface area (Å²) in [5.74, 6) is -1.64. The Morgan fingerprint density at radius 3 is 2.70 bits per heavy atom. The Hall–Kier alpha value is -1.90. The van der Waals surface area contributed by atoms with Crippen LogP contribution in [0, 0.1) is 0 Å². The van der Waals surface area contributed by atoms with Crippen molar-refractivity contribution in [2.45, 2.75) is 26.1 Å². The van der Waals surface area contributed by atoms with Crippen LogP contribution < -0.4 is 0 Å². The van der Waals surface area contributed by atoms with Crippen molar-refractivity contribution in [2.75, 3.05) is 0 Å². The van der Waals surface area contributed by atoms with Gasteiger partial charge in [-0.05, 0) is 6.42 Å². The molecule has 2 aromatic heterocycles. The Bertz CT molecular complexity index is 633. The van der Waals surface area contributed by atoms with Gasteiger partial charge < -0.3 is 5.11 Å². The molecule has 0 aromatic carbocycles. The number of hydrogen-bond donors (Lipinski definition) is 1. The average molecular weight is 305 g/mol. The summed E-state index contributed by atoms with van der Waals surface area (Å²) in [6, 6.07) is 0. The standard InChI is InChI=1S/C11H10F3N3O2S/c1-2-3-17-5-6(4-15-17)9-16-8(11(12,13)14)7(20-9)10(18)19/h4-5H,2-3H2,1H3,(H,18,19). The molecule has 0 spiro atoms. The largest absolute Gasteiger partial charge is 0.477 e.